The minimum Gasteiger partial charge on any atom is -0.431 e. The summed E-state index contributed by atoms with van der Waals surface area (Å²) >= 11 is 0. The highest BCUT2D eigenvalue weighted by atomic mass is 33.5. The molecule has 0 spiro atoms. The number of benzene rings is 1. The second-order valence-electron chi connectivity index (χ2n) is 3.68. The number of aromatic nitrogens is 2. The maximum Gasteiger partial charge on any atom is 0.268 e. The molecule has 2 heterocycles. The maximum atomic E-state index is 5.62. The minimum absolute atomic E-state index is 0.694. The molecule has 0 aliphatic heterocycles. The Bertz CT molecular complexity index is 624. The van der Waals surface area contributed by atoms with Crippen LogP contribution in [0.3, 0.4) is 0 Å². The normalized spacial score (nSPS) is 10.9. The molecule has 96 valence electrons. The summed E-state index contributed by atoms with van der Waals surface area (Å²) in [6, 6.07) is 13.7. The van der Waals surface area contributed by atoms with Crippen molar-refractivity contribution >= 4 is 42.5 Å². The number of fused-ring (bicyclic) bond motifs is 1. The van der Waals surface area contributed by atoms with Crippen molar-refractivity contribution < 1.29 is 4.42 Å². The standard InChI is InChI=1S/C13H10N2OS3/c1-2-7-12-11(6-1)15-13(16-12)18-19-17-9-10-5-3-4-8-14-10/h1-8H,9H2. The number of oxazole rings is 1. The van der Waals surface area contributed by atoms with E-state index in [2.05, 4.69) is 9.97 Å². The van der Waals surface area contributed by atoms with Gasteiger partial charge < -0.3 is 4.42 Å². The van der Waals surface area contributed by atoms with E-state index in [4.69, 9.17) is 4.42 Å². The monoisotopic (exact) mass is 306 g/mol. The molecule has 2 aromatic heterocycles. The fraction of sp³-hybridized carbons (Fsp3) is 0.0769. The first-order chi connectivity index (χ1) is 9.42. The highest BCUT2D eigenvalue weighted by Crippen LogP contribution is 2.41. The largest absolute Gasteiger partial charge is 0.431 e. The van der Waals surface area contributed by atoms with E-state index < -0.39 is 0 Å². The quantitative estimate of drug-likeness (QED) is 0.497. The summed E-state index contributed by atoms with van der Waals surface area (Å²) in [6.07, 6.45) is 1.81. The van der Waals surface area contributed by atoms with Crippen LogP contribution in [0, 0.1) is 0 Å². The molecule has 0 atom stereocenters. The second-order valence-corrected chi connectivity index (χ2v) is 7.70. The Kier molecular flexibility index (Phi) is 4.32. The van der Waals surface area contributed by atoms with Crippen LogP contribution in [0.4, 0.5) is 0 Å². The summed E-state index contributed by atoms with van der Waals surface area (Å²) in [5.41, 5.74) is 2.82. The van der Waals surface area contributed by atoms with Crippen molar-refractivity contribution in [2.75, 3.05) is 0 Å². The topological polar surface area (TPSA) is 38.9 Å². The van der Waals surface area contributed by atoms with E-state index >= 15 is 0 Å². The van der Waals surface area contributed by atoms with Gasteiger partial charge in [0.1, 0.15) is 5.52 Å². The summed E-state index contributed by atoms with van der Waals surface area (Å²) in [5.74, 6) is 0.874. The minimum atomic E-state index is 0.694. The van der Waals surface area contributed by atoms with Gasteiger partial charge in [-0.05, 0) is 34.1 Å². The lowest BCUT2D eigenvalue weighted by Gasteiger charge is -1.97. The average Bonchev–Trinajstić information content (AvgIpc) is 2.87. The number of hydrogen-bond acceptors (Lipinski definition) is 6. The molecular weight excluding hydrogens is 296 g/mol. The van der Waals surface area contributed by atoms with Gasteiger partial charge in [0.05, 0.1) is 5.69 Å². The third kappa shape index (κ3) is 3.46. The predicted molar refractivity (Wildman–Crippen MR) is 83.0 cm³/mol. The molecule has 0 radical (unpaired) electrons. The van der Waals surface area contributed by atoms with Gasteiger partial charge in [-0.25, -0.2) is 4.98 Å². The van der Waals surface area contributed by atoms with E-state index in [1.165, 1.54) is 10.8 Å². The van der Waals surface area contributed by atoms with Gasteiger partial charge in [0, 0.05) is 22.7 Å². The van der Waals surface area contributed by atoms with E-state index in [1.54, 1.807) is 20.6 Å². The Balaban J connectivity index is 1.52. The molecule has 0 fully saturated rings. The molecule has 1 aromatic carbocycles. The third-order valence-corrected chi connectivity index (χ3v) is 6.01. The first kappa shape index (κ1) is 12.9. The fourth-order valence-electron chi connectivity index (χ4n) is 1.51. The van der Waals surface area contributed by atoms with Crippen molar-refractivity contribution in [3.05, 3.63) is 54.4 Å². The van der Waals surface area contributed by atoms with Crippen molar-refractivity contribution in [3.63, 3.8) is 0 Å². The molecule has 0 aliphatic carbocycles. The molecule has 0 saturated heterocycles. The van der Waals surface area contributed by atoms with Crippen LogP contribution >= 0.6 is 31.4 Å². The van der Waals surface area contributed by atoms with Crippen LogP contribution < -0.4 is 0 Å². The van der Waals surface area contributed by atoms with Crippen LogP contribution in [0.1, 0.15) is 5.69 Å². The second kappa shape index (κ2) is 6.36. The van der Waals surface area contributed by atoms with Crippen LogP contribution in [-0.4, -0.2) is 9.97 Å². The lowest BCUT2D eigenvalue weighted by Crippen LogP contribution is -1.81. The van der Waals surface area contributed by atoms with Gasteiger partial charge in [-0.1, -0.05) is 29.0 Å². The smallest absolute Gasteiger partial charge is 0.268 e. The van der Waals surface area contributed by atoms with E-state index in [9.17, 15) is 0 Å². The molecule has 3 aromatic rings. The van der Waals surface area contributed by atoms with Gasteiger partial charge in [-0.15, -0.1) is 0 Å². The molecule has 0 amide bonds. The SMILES string of the molecule is c1ccc(CSSSc2nc3ccccc3o2)nc1. The van der Waals surface area contributed by atoms with Gasteiger partial charge in [0.25, 0.3) is 5.22 Å². The van der Waals surface area contributed by atoms with Crippen molar-refractivity contribution in [2.24, 2.45) is 0 Å². The van der Waals surface area contributed by atoms with Crippen LogP contribution in [0.15, 0.2) is 58.3 Å². The molecule has 0 aliphatic rings. The Hall–Kier alpha value is -1.11. The predicted octanol–water partition coefficient (Wildman–Crippen LogP) is 4.81. The first-order valence-corrected chi connectivity index (χ1v) is 9.29. The van der Waals surface area contributed by atoms with Crippen molar-refractivity contribution in [3.8, 4) is 0 Å². The van der Waals surface area contributed by atoms with E-state index in [-0.39, 0.29) is 0 Å². The number of nitrogens with zero attached hydrogens (tertiary/aromatic N) is 2. The molecule has 0 unspecified atom stereocenters. The highest BCUT2D eigenvalue weighted by molar-refractivity contribution is 9.09. The summed E-state index contributed by atoms with van der Waals surface area (Å²) in [7, 11) is 4.92. The molecule has 3 rings (SSSR count). The lowest BCUT2D eigenvalue weighted by molar-refractivity contribution is 0.491. The summed E-state index contributed by atoms with van der Waals surface area (Å²) in [6.45, 7) is 0. The summed E-state index contributed by atoms with van der Waals surface area (Å²) < 4.78 is 5.62. The number of rotatable bonds is 5. The number of hydrogen-bond donors (Lipinski definition) is 0. The Labute approximate surface area is 122 Å². The van der Waals surface area contributed by atoms with Crippen molar-refractivity contribution in [2.45, 2.75) is 11.0 Å². The molecule has 19 heavy (non-hydrogen) atoms. The molecular formula is C13H10N2OS3. The molecule has 0 bridgehead atoms. The van der Waals surface area contributed by atoms with Gasteiger partial charge in [0.15, 0.2) is 5.58 Å². The fourth-order valence-corrected chi connectivity index (χ4v) is 4.64. The lowest BCUT2D eigenvalue weighted by atomic mass is 10.3. The number of para-hydroxylation sites is 2. The van der Waals surface area contributed by atoms with Gasteiger partial charge >= 0.3 is 0 Å². The molecule has 3 nitrogen and oxygen atoms in total. The number of pyridine rings is 1. The Morgan fingerprint density at radius 1 is 1.05 bits per heavy atom. The summed E-state index contributed by atoms with van der Waals surface area (Å²) in [4.78, 5) is 8.68. The van der Waals surface area contributed by atoms with Crippen LogP contribution in [0.2, 0.25) is 0 Å². The van der Waals surface area contributed by atoms with Crippen molar-refractivity contribution in [1.29, 1.82) is 0 Å². The maximum absolute atomic E-state index is 5.62. The highest BCUT2D eigenvalue weighted by Gasteiger charge is 2.06. The van der Waals surface area contributed by atoms with Crippen LogP contribution in [0.25, 0.3) is 11.1 Å². The zero-order chi connectivity index (χ0) is 12.9. The molecule has 0 saturated carbocycles. The molecule has 0 N–H and O–H groups in total. The Morgan fingerprint density at radius 3 is 2.79 bits per heavy atom. The average molecular weight is 306 g/mol. The van der Waals surface area contributed by atoms with E-state index in [1.807, 2.05) is 48.7 Å². The van der Waals surface area contributed by atoms with Crippen LogP contribution in [0.5, 0.6) is 0 Å². The zero-order valence-electron chi connectivity index (χ0n) is 9.85. The van der Waals surface area contributed by atoms with E-state index in [0.717, 1.165) is 22.5 Å². The van der Waals surface area contributed by atoms with Crippen molar-refractivity contribution in [1.82, 2.24) is 9.97 Å². The Morgan fingerprint density at radius 2 is 1.95 bits per heavy atom. The summed E-state index contributed by atoms with van der Waals surface area (Å²) in [5, 5.41) is 0.694. The van der Waals surface area contributed by atoms with Crippen LogP contribution in [-0.2, 0) is 5.75 Å². The van der Waals surface area contributed by atoms with Gasteiger partial charge in [0.2, 0.25) is 0 Å². The zero-order valence-corrected chi connectivity index (χ0v) is 12.3. The van der Waals surface area contributed by atoms with E-state index in [0.29, 0.717) is 5.22 Å². The third-order valence-electron chi connectivity index (χ3n) is 2.36. The first-order valence-electron chi connectivity index (χ1n) is 5.63. The van der Waals surface area contributed by atoms with Gasteiger partial charge in [-0.3, -0.25) is 4.98 Å². The van der Waals surface area contributed by atoms with Gasteiger partial charge in [-0.2, -0.15) is 0 Å². The molecule has 6 heteroatoms.